The molecule has 0 spiro atoms. The monoisotopic (exact) mass is 482 g/mol. The molecular formula is C25H30N4O4S. The van der Waals surface area contributed by atoms with E-state index in [1.54, 1.807) is 31.4 Å². The Bertz CT molecular complexity index is 1010. The molecular weight excluding hydrogens is 452 g/mol. The summed E-state index contributed by atoms with van der Waals surface area (Å²) in [5.74, 6) is 0.151. The van der Waals surface area contributed by atoms with E-state index in [9.17, 15) is 9.59 Å². The number of rotatable bonds is 9. The third kappa shape index (κ3) is 5.22. The molecule has 9 heteroatoms. The van der Waals surface area contributed by atoms with Crippen LogP contribution in [-0.4, -0.2) is 73.2 Å². The Hall–Kier alpha value is -3.01. The normalized spacial score (nSPS) is 20.8. The van der Waals surface area contributed by atoms with Gasteiger partial charge in [0.2, 0.25) is 5.91 Å². The quantitative estimate of drug-likeness (QED) is 0.531. The first kappa shape index (κ1) is 24.1. The maximum atomic E-state index is 13.4. The van der Waals surface area contributed by atoms with Crippen LogP contribution in [0.25, 0.3) is 0 Å². The van der Waals surface area contributed by atoms with E-state index in [1.807, 2.05) is 35.2 Å². The number of nitrogens with one attached hydrogen (secondary N) is 2. The summed E-state index contributed by atoms with van der Waals surface area (Å²) in [5, 5.41) is 6.08. The molecule has 2 aliphatic rings. The number of ether oxygens (including phenoxy) is 2. The number of methoxy groups -OCH3 is 1. The Labute approximate surface area is 205 Å². The van der Waals surface area contributed by atoms with Gasteiger partial charge in [0.05, 0.1) is 26.7 Å². The smallest absolute Gasteiger partial charge is 0.257 e. The minimum absolute atomic E-state index is 0.0629. The Morgan fingerprint density at radius 1 is 1.12 bits per heavy atom. The second-order valence-corrected chi connectivity index (χ2v) is 8.78. The van der Waals surface area contributed by atoms with Crippen molar-refractivity contribution in [2.45, 2.75) is 18.4 Å². The molecule has 2 heterocycles. The molecule has 0 radical (unpaired) electrons. The zero-order chi connectivity index (χ0) is 24.0. The Balaban J connectivity index is 1.55. The number of hydrogen-bond donors (Lipinski definition) is 2. The number of nitrogens with zero attached hydrogens (tertiary/aromatic N) is 2. The summed E-state index contributed by atoms with van der Waals surface area (Å²) in [6, 6.07) is 16.5. The second-order valence-electron chi connectivity index (χ2n) is 8.40. The minimum Gasteiger partial charge on any atom is -0.497 e. The van der Waals surface area contributed by atoms with Gasteiger partial charge in [0.15, 0.2) is 10.7 Å². The van der Waals surface area contributed by atoms with E-state index < -0.39 is 5.54 Å². The molecule has 1 unspecified atom stereocenters. The number of amides is 2. The van der Waals surface area contributed by atoms with Crippen LogP contribution in [0.2, 0.25) is 0 Å². The largest absolute Gasteiger partial charge is 0.497 e. The van der Waals surface area contributed by atoms with Crippen molar-refractivity contribution in [2.24, 2.45) is 0 Å². The zero-order valence-electron chi connectivity index (χ0n) is 19.3. The number of benzene rings is 2. The van der Waals surface area contributed by atoms with Crippen LogP contribution in [0.4, 0.5) is 5.69 Å². The number of thiocarbonyl (C=S) groups is 1. The highest BCUT2D eigenvalue weighted by atomic mass is 32.1. The Morgan fingerprint density at radius 2 is 1.82 bits per heavy atom. The number of hydrogen-bond acceptors (Lipinski definition) is 6. The second kappa shape index (κ2) is 10.9. The standard InChI is InChI=1S/C25H30N4O4S/c1-32-21-10-8-20(9-11-21)26-22(30)18-25(19-6-3-2-4-7-19)23(31)27-24(34)29(25)13-5-12-28-14-16-33-17-15-28/h2-4,6-11H,5,12-18H2,1H3,(H,26,30)(H,27,31,34). The summed E-state index contributed by atoms with van der Waals surface area (Å²) >= 11 is 5.56. The SMILES string of the molecule is COc1ccc(NC(=O)CC2(c3ccccc3)C(=O)NC(=S)N2CCCN2CCOCC2)cc1. The van der Waals surface area contributed by atoms with Crippen molar-refractivity contribution < 1.29 is 19.1 Å². The molecule has 2 aromatic carbocycles. The summed E-state index contributed by atoms with van der Waals surface area (Å²) in [4.78, 5) is 30.8. The summed E-state index contributed by atoms with van der Waals surface area (Å²) in [6.45, 7) is 4.70. The van der Waals surface area contributed by atoms with E-state index in [1.165, 1.54) is 0 Å². The number of morpholine rings is 1. The van der Waals surface area contributed by atoms with Gasteiger partial charge in [-0.1, -0.05) is 30.3 Å². The van der Waals surface area contributed by atoms with Gasteiger partial charge in [-0.2, -0.15) is 0 Å². The van der Waals surface area contributed by atoms with Crippen molar-refractivity contribution in [2.75, 3.05) is 51.8 Å². The van der Waals surface area contributed by atoms with E-state index >= 15 is 0 Å². The van der Waals surface area contributed by atoms with Crippen LogP contribution in [0, 0.1) is 0 Å². The highest BCUT2D eigenvalue weighted by molar-refractivity contribution is 7.80. The predicted octanol–water partition coefficient (Wildman–Crippen LogP) is 2.36. The molecule has 2 aliphatic heterocycles. The van der Waals surface area contributed by atoms with Crippen LogP contribution in [0.3, 0.4) is 0 Å². The molecule has 2 aromatic rings. The van der Waals surface area contributed by atoms with Crippen molar-refractivity contribution in [3.63, 3.8) is 0 Å². The van der Waals surface area contributed by atoms with Crippen molar-refractivity contribution in [1.82, 2.24) is 15.1 Å². The maximum absolute atomic E-state index is 13.4. The van der Waals surface area contributed by atoms with Crippen molar-refractivity contribution in [3.05, 3.63) is 60.2 Å². The molecule has 0 bridgehead atoms. The molecule has 34 heavy (non-hydrogen) atoms. The Kier molecular flexibility index (Phi) is 7.77. The fraction of sp³-hybridized carbons (Fsp3) is 0.400. The van der Waals surface area contributed by atoms with Gasteiger partial charge in [-0.15, -0.1) is 0 Å². The lowest BCUT2D eigenvalue weighted by molar-refractivity contribution is -0.131. The number of carbonyl (C=O) groups excluding carboxylic acids is 2. The maximum Gasteiger partial charge on any atom is 0.257 e. The van der Waals surface area contributed by atoms with Crippen LogP contribution < -0.4 is 15.4 Å². The van der Waals surface area contributed by atoms with Gasteiger partial charge in [0.25, 0.3) is 5.91 Å². The molecule has 0 aliphatic carbocycles. The zero-order valence-corrected chi connectivity index (χ0v) is 20.1. The molecule has 2 saturated heterocycles. The molecule has 0 aromatic heterocycles. The van der Waals surface area contributed by atoms with E-state index in [-0.39, 0.29) is 18.2 Å². The lowest BCUT2D eigenvalue weighted by Gasteiger charge is -2.37. The van der Waals surface area contributed by atoms with E-state index in [0.717, 1.165) is 44.8 Å². The first-order valence-electron chi connectivity index (χ1n) is 11.5. The van der Waals surface area contributed by atoms with E-state index in [2.05, 4.69) is 15.5 Å². The van der Waals surface area contributed by atoms with Gasteiger partial charge in [0.1, 0.15) is 5.75 Å². The third-order valence-corrected chi connectivity index (χ3v) is 6.63. The van der Waals surface area contributed by atoms with Crippen molar-refractivity contribution >= 4 is 34.8 Å². The van der Waals surface area contributed by atoms with Gasteiger partial charge < -0.3 is 25.0 Å². The average molecular weight is 483 g/mol. The molecule has 1 atom stereocenters. The van der Waals surface area contributed by atoms with Crippen molar-refractivity contribution in [1.29, 1.82) is 0 Å². The van der Waals surface area contributed by atoms with Crippen LogP contribution >= 0.6 is 12.2 Å². The average Bonchev–Trinajstić information content (AvgIpc) is 3.10. The van der Waals surface area contributed by atoms with Gasteiger partial charge in [0, 0.05) is 31.9 Å². The first-order valence-corrected chi connectivity index (χ1v) is 11.9. The van der Waals surface area contributed by atoms with Gasteiger partial charge in [-0.25, -0.2) is 0 Å². The van der Waals surface area contributed by atoms with E-state index in [4.69, 9.17) is 21.7 Å². The van der Waals surface area contributed by atoms with Crippen LogP contribution in [0.15, 0.2) is 54.6 Å². The van der Waals surface area contributed by atoms with Crippen LogP contribution in [-0.2, 0) is 19.9 Å². The predicted molar refractivity (Wildman–Crippen MR) is 134 cm³/mol. The van der Waals surface area contributed by atoms with Gasteiger partial charge in [-0.3, -0.25) is 14.5 Å². The van der Waals surface area contributed by atoms with Gasteiger partial charge in [-0.05, 0) is 48.5 Å². The molecule has 4 rings (SSSR count). The molecule has 8 nitrogen and oxygen atoms in total. The highest BCUT2D eigenvalue weighted by Gasteiger charge is 2.53. The van der Waals surface area contributed by atoms with Crippen LogP contribution in [0.1, 0.15) is 18.4 Å². The summed E-state index contributed by atoms with van der Waals surface area (Å²) in [7, 11) is 1.59. The van der Waals surface area contributed by atoms with E-state index in [0.29, 0.717) is 23.1 Å². The molecule has 180 valence electrons. The minimum atomic E-state index is -1.21. The topological polar surface area (TPSA) is 83.1 Å². The highest BCUT2D eigenvalue weighted by Crippen LogP contribution is 2.37. The molecule has 2 N–H and O–H groups in total. The molecule has 2 amide bonds. The summed E-state index contributed by atoms with van der Waals surface area (Å²) < 4.78 is 10.6. The molecule has 0 saturated carbocycles. The number of anilines is 1. The fourth-order valence-electron chi connectivity index (χ4n) is 4.52. The fourth-order valence-corrected chi connectivity index (χ4v) is 4.86. The number of carbonyl (C=O) groups is 2. The molecule has 2 fully saturated rings. The first-order chi connectivity index (χ1) is 16.5. The summed E-state index contributed by atoms with van der Waals surface area (Å²) in [5.41, 5.74) is 0.164. The van der Waals surface area contributed by atoms with Gasteiger partial charge >= 0.3 is 0 Å². The van der Waals surface area contributed by atoms with Crippen molar-refractivity contribution in [3.8, 4) is 5.75 Å². The lowest BCUT2D eigenvalue weighted by Crippen LogP contribution is -2.50. The third-order valence-electron chi connectivity index (χ3n) is 6.30. The summed E-state index contributed by atoms with van der Waals surface area (Å²) in [6.07, 6.45) is 0.746. The van der Waals surface area contributed by atoms with Crippen LogP contribution in [0.5, 0.6) is 5.75 Å². The lowest BCUT2D eigenvalue weighted by atomic mass is 9.84. The Morgan fingerprint density at radius 3 is 2.50 bits per heavy atom.